The van der Waals surface area contributed by atoms with Gasteiger partial charge < -0.3 is 10.6 Å². The van der Waals surface area contributed by atoms with Crippen LogP contribution in [0.4, 0.5) is 5.69 Å². The highest BCUT2D eigenvalue weighted by Crippen LogP contribution is 2.23. The van der Waals surface area contributed by atoms with E-state index in [-0.39, 0.29) is 0 Å². The van der Waals surface area contributed by atoms with Crippen molar-refractivity contribution in [1.29, 1.82) is 0 Å². The summed E-state index contributed by atoms with van der Waals surface area (Å²) in [5.41, 5.74) is 1.25. The molecule has 3 rings (SSSR count). The van der Waals surface area contributed by atoms with Gasteiger partial charge in [0.25, 0.3) is 0 Å². The fourth-order valence-corrected chi connectivity index (χ4v) is 2.13. The molecule has 2 aromatic rings. The third-order valence-electron chi connectivity index (χ3n) is 3.24. The van der Waals surface area contributed by atoms with E-state index in [9.17, 15) is 0 Å². The molecule has 0 bridgehead atoms. The van der Waals surface area contributed by atoms with Gasteiger partial charge in [-0.15, -0.1) is 0 Å². The van der Waals surface area contributed by atoms with Crippen LogP contribution >= 0.6 is 0 Å². The average Bonchev–Trinajstić information content (AvgIpc) is 2.27. The van der Waals surface area contributed by atoms with E-state index in [4.69, 9.17) is 0 Å². The van der Waals surface area contributed by atoms with Crippen LogP contribution in [0.3, 0.4) is 0 Å². The summed E-state index contributed by atoms with van der Waals surface area (Å²) >= 11 is 0. The summed E-state index contributed by atoms with van der Waals surface area (Å²) in [5.74, 6) is 0.791. The van der Waals surface area contributed by atoms with Gasteiger partial charge in [-0.3, -0.25) is 0 Å². The van der Waals surface area contributed by atoms with Crippen molar-refractivity contribution < 1.29 is 0 Å². The molecule has 2 aromatic carbocycles. The van der Waals surface area contributed by atoms with E-state index in [1.807, 2.05) is 0 Å². The first-order valence-electron chi connectivity index (χ1n) is 5.86. The van der Waals surface area contributed by atoms with Crippen LogP contribution in [0.25, 0.3) is 10.8 Å². The summed E-state index contributed by atoms with van der Waals surface area (Å²) in [7, 11) is 0. The highest BCUT2D eigenvalue weighted by Gasteiger charge is 2.15. The first kappa shape index (κ1) is 9.67. The van der Waals surface area contributed by atoms with Gasteiger partial charge >= 0.3 is 0 Å². The van der Waals surface area contributed by atoms with Gasteiger partial charge in [0.15, 0.2) is 0 Å². The van der Waals surface area contributed by atoms with E-state index < -0.39 is 0 Å². The molecule has 0 atom stereocenters. The van der Waals surface area contributed by atoms with Crippen LogP contribution in [0.1, 0.15) is 0 Å². The van der Waals surface area contributed by atoms with Crippen LogP contribution in [0.5, 0.6) is 0 Å². The van der Waals surface area contributed by atoms with Crippen LogP contribution in [-0.2, 0) is 0 Å². The van der Waals surface area contributed by atoms with Gasteiger partial charge in [-0.05, 0) is 11.5 Å². The summed E-state index contributed by atoms with van der Waals surface area (Å²) in [4.78, 5) is 0. The van der Waals surface area contributed by atoms with Crippen molar-refractivity contribution in [2.24, 2.45) is 5.92 Å². The van der Waals surface area contributed by atoms with Crippen molar-refractivity contribution in [3.63, 3.8) is 0 Å². The highest BCUT2D eigenvalue weighted by molar-refractivity contribution is 5.93. The lowest BCUT2D eigenvalue weighted by Crippen LogP contribution is -2.45. The molecule has 1 aliphatic rings. The third kappa shape index (κ3) is 1.76. The lowest BCUT2D eigenvalue weighted by atomic mass is 10.0. The van der Waals surface area contributed by atoms with Gasteiger partial charge in [-0.25, -0.2) is 0 Å². The SMILES string of the molecule is c1ccc2c(NCC3CNC3)cccc2c1. The summed E-state index contributed by atoms with van der Waals surface area (Å²) in [6, 6.07) is 15.0. The zero-order valence-corrected chi connectivity index (χ0v) is 9.24. The second-order valence-corrected chi connectivity index (χ2v) is 4.43. The molecule has 82 valence electrons. The first-order valence-corrected chi connectivity index (χ1v) is 5.86. The van der Waals surface area contributed by atoms with Crippen molar-refractivity contribution >= 4 is 16.5 Å². The van der Waals surface area contributed by atoms with Crippen LogP contribution in [-0.4, -0.2) is 19.6 Å². The number of anilines is 1. The van der Waals surface area contributed by atoms with E-state index in [2.05, 4.69) is 53.1 Å². The predicted octanol–water partition coefficient (Wildman–Crippen LogP) is 2.47. The molecule has 1 fully saturated rings. The van der Waals surface area contributed by atoms with Crippen LogP contribution < -0.4 is 10.6 Å². The molecule has 0 amide bonds. The minimum absolute atomic E-state index is 0.791. The molecular weight excluding hydrogens is 196 g/mol. The van der Waals surface area contributed by atoms with Crippen molar-refractivity contribution in [3.8, 4) is 0 Å². The van der Waals surface area contributed by atoms with E-state index in [1.165, 1.54) is 16.5 Å². The Morgan fingerprint density at radius 1 is 1.06 bits per heavy atom. The largest absolute Gasteiger partial charge is 0.384 e. The Morgan fingerprint density at radius 3 is 2.69 bits per heavy atom. The topological polar surface area (TPSA) is 24.1 Å². The smallest absolute Gasteiger partial charge is 0.0419 e. The van der Waals surface area contributed by atoms with Crippen molar-refractivity contribution in [2.45, 2.75) is 0 Å². The number of hydrogen-bond acceptors (Lipinski definition) is 2. The maximum absolute atomic E-state index is 3.55. The van der Waals surface area contributed by atoms with E-state index >= 15 is 0 Å². The van der Waals surface area contributed by atoms with Crippen LogP contribution in [0, 0.1) is 5.92 Å². The van der Waals surface area contributed by atoms with E-state index in [0.29, 0.717) is 0 Å². The number of hydrogen-bond donors (Lipinski definition) is 2. The lowest BCUT2D eigenvalue weighted by Gasteiger charge is -2.27. The minimum Gasteiger partial charge on any atom is -0.384 e. The monoisotopic (exact) mass is 212 g/mol. The molecule has 16 heavy (non-hydrogen) atoms. The molecule has 0 saturated carbocycles. The molecule has 0 radical (unpaired) electrons. The second-order valence-electron chi connectivity index (χ2n) is 4.43. The van der Waals surface area contributed by atoms with E-state index in [0.717, 1.165) is 25.6 Å². The van der Waals surface area contributed by atoms with Gasteiger partial charge in [0.05, 0.1) is 0 Å². The van der Waals surface area contributed by atoms with Gasteiger partial charge in [0.1, 0.15) is 0 Å². The molecule has 2 N–H and O–H groups in total. The Kier molecular flexibility index (Phi) is 2.50. The summed E-state index contributed by atoms with van der Waals surface area (Å²) < 4.78 is 0. The molecular formula is C14H16N2. The average molecular weight is 212 g/mol. The summed E-state index contributed by atoms with van der Waals surface area (Å²) in [6.07, 6.45) is 0. The third-order valence-corrected chi connectivity index (χ3v) is 3.24. The molecule has 0 aliphatic carbocycles. The number of nitrogens with one attached hydrogen (secondary N) is 2. The maximum Gasteiger partial charge on any atom is 0.0419 e. The normalized spacial score (nSPS) is 16.0. The molecule has 2 nitrogen and oxygen atoms in total. The van der Waals surface area contributed by atoms with Gasteiger partial charge in [-0.1, -0.05) is 36.4 Å². The standard InChI is InChI=1S/C14H16N2/c1-2-6-13-12(4-1)5-3-7-14(13)16-10-11-8-15-9-11/h1-7,11,15-16H,8-10H2. The molecule has 0 aromatic heterocycles. The van der Waals surface area contributed by atoms with Gasteiger partial charge in [0.2, 0.25) is 0 Å². The van der Waals surface area contributed by atoms with Crippen LogP contribution in [0.15, 0.2) is 42.5 Å². The predicted molar refractivity (Wildman–Crippen MR) is 68.8 cm³/mol. The fourth-order valence-electron chi connectivity index (χ4n) is 2.13. The molecule has 1 saturated heterocycles. The Hall–Kier alpha value is -1.54. The molecule has 2 heteroatoms. The van der Waals surface area contributed by atoms with Crippen LogP contribution in [0.2, 0.25) is 0 Å². The fraction of sp³-hybridized carbons (Fsp3) is 0.286. The Balaban J connectivity index is 1.84. The minimum atomic E-state index is 0.791. The molecule has 0 unspecified atom stereocenters. The number of fused-ring (bicyclic) bond motifs is 1. The molecule has 1 aliphatic heterocycles. The molecule has 1 heterocycles. The Morgan fingerprint density at radius 2 is 1.88 bits per heavy atom. The number of rotatable bonds is 3. The zero-order valence-electron chi connectivity index (χ0n) is 9.24. The Bertz CT molecular complexity index is 484. The summed E-state index contributed by atoms with van der Waals surface area (Å²) in [6.45, 7) is 3.37. The highest BCUT2D eigenvalue weighted by atomic mass is 15.0. The second kappa shape index (κ2) is 4.14. The first-order chi connectivity index (χ1) is 7.93. The van der Waals surface area contributed by atoms with Gasteiger partial charge in [-0.2, -0.15) is 0 Å². The van der Waals surface area contributed by atoms with Crippen molar-refractivity contribution in [3.05, 3.63) is 42.5 Å². The van der Waals surface area contributed by atoms with Gasteiger partial charge in [0, 0.05) is 36.6 Å². The van der Waals surface area contributed by atoms with E-state index in [1.54, 1.807) is 0 Å². The summed E-state index contributed by atoms with van der Waals surface area (Å²) in [5, 5.41) is 9.47. The van der Waals surface area contributed by atoms with Crippen molar-refractivity contribution in [2.75, 3.05) is 25.0 Å². The maximum atomic E-state index is 3.55. The lowest BCUT2D eigenvalue weighted by molar-refractivity contribution is 0.365. The quantitative estimate of drug-likeness (QED) is 0.816. The Labute approximate surface area is 95.7 Å². The zero-order chi connectivity index (χ0) is 10.8. The van der Waals surface area contributed by atoms with Crippen molar-refractivity contribution in [1.82, 2.24) is 5.32 Å². The molecule has 0 spiro atoms. The number of benzene rings is 2.